The van der Waals surface area contributed by atoms with Crippen LogP contribution in [0.1, 0.15) is 95.2 Å². The molecule has 6 unspecified atom stereocenters. The van der Waals surface area contributed by atoms with Crippen LogP contribution in [0, 0.1) is 17.8 Å². The van der Waals surface area contributed by atoms with Crippen molar-refractivity contribution >= 4 is 68.8 Å². The second-order valence-corrected chi connectivity index (χ2v) is 20.4. The Bertz CT molecular complexity index is 2220. The molecule has 0 aromatic heterocycles. The first-order valence-electron chi connectivity index (χ1n) is 22.3. The monoisotopic (exact) mass is 1090 g/mol. The molecule has 380 valence electrons. The number of phenolic OH excluding ortho intramolecular Hbond substituents is 1. The molecule has 3 saturated carbocycles. The fourth-order valence-electron chi connectivity index (χ4n) is 6.94. The van der Waals surface area contributed by atoms with Crippen molar-refractivity contribution in [1.82, 2.24) is 16.0 Å². The number of carbonyl (C=O) groups is 3. The first-order valence-corrected chi connectivity index (χ1v) is 24.6. The van der Waals surface area contributed by atoms with Gasteiger partial charge >= 0.3 is 24.3 Å². The quantitative estimate of drug-likeness (QED) is 0.0820. The first kappa shape index (κ1) is 58.7. The van der Waals surface area contributed by atoms with E-state index in [1.54, 1.807) is 54.6 Å². The predicted octanol–water partition coefficient (Wildman–Crippen LogP) is 13.5. The molecule has 6 rings (SSSR count). The maximum Gasteiger partial charge on any atom is 0.471 e. The highest BCUT2D eigenvalue weighted by molar-refractivity contribution is 9.09. The van der Waals surface area contributed by atoms with Crippen molar-refractivity contribution < 1.29 is 51.6 Å². The molecule has 69 heavy (non-hydrogen) atoms. The van der Waals surface area contributed by atoms with Crippen LogP contribution < -0.4 is 25.4 Å². The van der Waals surface area contributed by atoms with Gasteiger partial charge in [-0.15, -0.1) is 6.58 Å². The molecule has 0 bridgehead atoms. The zero-order valence-corrected chi connectivity index (χ0v) is 43.7. The third-order valence-corrected chi connectivity index (χ3v) is 11.5. The minimum absolute atomic E-state index is 0.0174. The third-order valence-electron chi connectivity index (χ3n) is 10.3. The van der Waals surface area contributed by atoms with Gasteiger partial charge in [-0.05, 0) is 168 Å². The van der Waals surface area contributed by atoms with Gasteiger partial charge in [0.2, 0.25) is 0 Å². The number of alkyl halides is 4. The van der Waals surface area contributed by atoms with E-state index in [0.29, 0.717) is 71.3 Å². The van der Waals surface area contributed by atoms with E-state index < -0.39 is 29.4 Å². The molecule has 6 atom stereocenters. The number of ether oxygens (including phenoxy) is 4. The van der Waals surface area contributed by atoms with Crippen molar-refractivity contribution in [1.29, 1.82) is 0 Å². The Kier molecular flexibility index (Phi) is 23.1. The Morgan fingerprint density at radius 3 is 1.33 bits per heavy atom. The van der Waals surface area contributed by atoms with Crippen LogP contribution in [0.15, 0.2) is 92.6 Å². The van der Waals surface area contributed by atoms with E-state index in [0.717, 1.165) is 40.6 Å². The summed E-state index contributed by atoms with van der Waals surface area (Å²) >= 11 is 21.1. The number of aromatic hydroxyl groups is 1. The maximum atomic E-state index is 12.1. The van der Waals surface area contributed by atoms with E-state index in [1.165, 1.54) is 0 Å². The van der Waals surface area contributed by atoms with Gasteiger partial charge < -0.3 is 40.0 Å². The number of nitrogens with one attached hydrogen (secondary N) is 3. The number of alkyl carbamates (subject to hydrolysis) is 2. The van der Waals surface area contributed by atoms with Gasteiger partial charge in [-0.2, -0.15) is 13.2 Å². The Hall–Kier alpha value is -4.57. The maximum absolute atomic E-state index is 12.1. The van der Waals surface area contributed by atoms with E-state index in [1.807, 2.05) is 65.1 Å². The van der Waals surface area contributed by atoms with Gasteiger partial charge in [0, 0.05) is 40.0 Å². The fourth-order valence-corrected chi connectivity index (χ4v) is 7.49. The van der Waals surface area contributed by atoms with Crippen molar-refractivity contribution in [3.05, 3.63) is 124 Å². The van der Waals surface area contributed by atoms with E-state index in [4.69, 9.17) is 53.8 Å². The number of hydrogen-bond acceptors (Lipinski definition) is 8. The van der Waals surface area contributed by atoms with Crippen LogP contribution in [0.5, 0.6) is 17.2 Å². The second kappa shape index (κ2) is 27.1. The Balaban J connectivity index is 0.000000264. The van der Waals surface area contributed by atoms with Gasteiger partial charge in [-0.25, -0.2) is 9.59 Å². The van der Waals surface area contributed by atoms with Crippen LogP contribution in [0.4, 0.5) is 22.8 Å². The Morgan fingerprint density at radius 2 is 0.986 bits per heavy atom. The molecule has 11 nitrogen and oxygen atoms in total. The highest BCUT2D eigenvalue weighted by Crippen LogP contribution is 2.52. The molecule has 3 aromatic carbocycles. The lowest BCUT2D eigenvalue weighted by molar-refractivity contribution is -0.173. The lowest BCUT2D eigenvalue weighted by Gasteiger charge is -2.19. The van der Waals surface area contributed by atoms with E-state index in [9.17, 15) is 32.7 Å². The lowest BCUT2D eigenvalue weighted by Crippen LogP contribution is -2.37. The molecule has 0 radical (unpaired) electrons. The summed E-state index contributed by atoms with van der Waals surface area (Å²) in [5, 5.41) is 20.1. The Labute approximate surface area is 427 Å². The van der Waals surface area contributed by atoms with E-state index in [-0.39, 0.29) is 36.1 Å². The van der Waals surface area contributed by atoms with Gasteiger partial charge in [0.1, 0.15) is 41.7 Å². The molecule has 3 fully saturated rings. The summed E-state index contributed by atoms with van der Waals surface area (Å²) in [6, 6.07) is 15.9. The number of carbonyl (C=O) groups excluding carboxylic acids is 3. The highest BCUT2D eigenvalue weighted by Gasteiger charge is 2.44. The topological polar surface area (TPSA) is 144 Å². The van der Waals surface area contributed by atoms with Crippen molar-refractivity contribution in [3.8, 4) is 17.2 Å². The lowest BCUT2D eigenvalue weighted by atomic mass is 10.1. The summed E-state index contributed by atoms with van der Waals surface area (Å²) in [6.07, 6.45) is 2.10. The normalized spacial score (nSPS) is 19.7. The van der Waals surface area contributed by atoms with Crippen LogP contribution in [-0.4, -0.2) is 78.8 Å². The van der Waals surface area contributed by atoms with E-state index in [2.05, 4.69) is 46.3 Å². The largest absolute Gasteiger partial charge is 0.508 e. The average molecular weight is 1090 g/mol. The third kappa shape index (κ3) is 21.9. The summed E-state index contributed by atoms with van der Waals surface area (Å²) in [5.74, 6) is 1.12. The molecule has 0 saturated heterocycles. The van der Waals surface area contributed by atoms with Gasteiger partial charge in [0.25, 0.3) is 0 Å². The molecule has 3 aromatic rings. The van der Waals surface area contributed by atoms with Crippen LogP contribution in [0.25, 0.3) is 0 Å². The Morgan fingerprint density at radius 1 is 0.638 bits per heavy atom. The molecular weight excluding hydrogens is 1030 g/mol. The van der Waals surface area contributed by atoms with E-state index >= 15 is 0 Å². The fraction of sp³-hybridized carbons (Fsp3) is 0.471. The second-order valence-electron chi connectivity index (χ2n) is 18.5. The molecule has 0 spiro atoms. The predicted molar refractivity (Wildman–Crippen MR) is 271 cm³/mol. The molecule has 0 heterocycles. The number of rotatable bonds is 16. The van der Waals surface area contributed by atoms with Gasteiger partial charge in [-0.1, -0.05) is 82.1 Å². The molecule has 4 N–H and O–H groups in total. The summed E-state index contributed by atoms with van der Waals surface area (Å²) in [6.45, 7) is 23.6. The zero-order chi connectivity index (χ0) is 51.7. The van der Waals surface area contributed by atoms with Crippen LogP contribution in [0.2, 0.25) is 15.1 Å². The molecule has 3 aliphatic rings. The van der Waals surface area contributed by atoms with Crippen LogP contribution >= 0.6 is 50.7 Å². The van der Waals surface area contributed by atoms with Gasteiger partial charge in [0.05, 0.1) is 0 Å². The number of benzene rings is 3. The minimum Gasteiger partial charge on any atom is -0.508 e. The minimum atomic E-state index is -4.85. The summed E-state index contributed by atoms with van der Waals surface area (Å²) in [4.78, 5) is 34.1. The number of allylic oxidation sites excluding steroid dienone is 1. The average Bonchev–Trinajstić information content (AvgIpc) is 4.17. The smallest absolute Gasteiger partial charge is 0.471 e. The molecule has 3 aliphatic carbocycles. The number of halogens is 7. The van der Waals surface area contributed by atoms with Crippen molar-refractivity contribution in [2.45, 2.75) is 95.9 Å². The number of phenols is 1. The van der Waals surface area contributed by atoms with Crippen LogP contribution in [-0.2, 0) is 14.3 Å². The van der Waals surface area contributed by atoms with Crippen molar-refractivity contribution in [3.63, 3.8) is 0 Å². The standard InChI is InChI=1S/C18H24ClNO3.C15H15ClF3NO2.C15H20ClNO3.C3H5Br/c1-5-8-22-16-7-6-13(19)10-15(16)14-9-12(14)11-20-17(21)23-18(2,3)4;1-2-5-22-13-4-3-10(16)7-12(13)11-6-9(11)8-20-14(21)15(17,18)19;1-15(2,3)20-14(19)17-8-9-6-11(9)12-7-10(16)4-5-13(12)18;1-2-3-4/h5-7,10,12,14H,1,8-9,11H2,2-4H3,(H,20,21);2-4,7,9,11H,1,5-6,8H2,(H,20,21);4-5,7,9,11,18H,6,8H2,1-3H3,(H,17,19);2H,1,3H2. The van der Waals surface area contributed by atoms with Gasteiger partial charge in [-0.3, -0.25) is 4.79 Å². The summed E-state index contributed by atoms with van der Waals surface area (Å²) < 4.78 is 58.1. The molecule has 0 aliphatic heterocycles. The molecule has 3 amide bonds. The van der Waals surface area contributed by atoms with Crippen molar-refractivity contribution in [2.24, 2.45) is 17.8 Å². The summed E-state index contributed by atoms with van der Waals surface area (Å²) in [5.41, 5.74) is 1.83. The van der Waals surface area contributed by atoms with Gasteiger partial charge in [0.15, 0.2) is 0 Å². The first-order chi connectivity index (χ1) is 32.3. The summed E-state index contributed by atoms with van der Waals surface area (Å²) in [7, 11) is 0. The SMILES string of the molecule is C=CCBr.C=CCOc1ccc(Cl)cc1C1CC1CNC(=O)C(F)(F)F.C=CCOc1ccc(Cl)cc1C1CC1CNC(=O)OC(C)(C)C.CC(C)(C)OC(=O)NCC1CC1c1cc(Cl)ccc1O. The molecular formula is C51H64BrCl3F3N3O8. The zero-order valence-electron chi connectivity index (χ0n) is 39.8. The van der Waals surface area contributed by atoms with Crippen molar-refractivity contribution in [2.75, 3.05) is 38.2 Å². The molecule has 18 heteroatoms. The number of hydrogen-bond donors (Lipinski definition) is 4. The van der Waals surface area contributed by atoms with Crippen LogP contribution in [0.3, 0.4) is 0 Å². The number of amides is 3. The highest BCUT2D eigenvalue weighted by atomic mass is 79.9.